The highest BCUT2D eigenvalue weighted by Crippen LogP contribution is 2.22. The summed E-state index contributed by atoms with van der Waals surface area (Å²) in [7, 11) is 3.82. The van der Waals surface area contributed by atoms with Gasteiger partial charge in [0, 0.05) is 24.7 Å². The van der Waals surface area contributed by atoms with Crippen molar-refractivity contribution in [1.29, 1.82) is 0 Å². The molecular formula is C41H59F3N4O7. The first kappa shape index (κ1) is 46.7. The number of aryl methyl sites for hydroxylation is 1. The second-order valence-electron chi connectivity index (χ2n) is 15.0. The standard InChI is InChI=1S/C39H58N4O5.C2HF3O2/c1-8-27(4)35(41-37(45)34-19-12-13-22-42(34)6)38(46)43(7)33(26(2)3)21-20-30-17-14-18-31(24-30)36(44)40-32(23-28(5)39(47)48)25-29-15-10-9-11-16-29;3-2(4,5)1(6)7/h9-11,14-18,24,26-28,32-35H,8,12-13,19-23,25H2,1-7H3,(H,40,44)(H,41,45)(H,47,48);(H,6,7)/t27-,28-,32+,33+,34+,35-;/m0./s1. The molecule has 1 aliphatic rings. The molecule has 0 spiro atoms. The van der Waals surface area contributed by atoms with E-state index in [1.807, 2.05) is 81.4 Å². The number of carbonyl (C=O) groups is 5. The monoisotopic (exact) mass is 776 g/mol. The Hall–Kier alpha value is -4.46. The Morgan fingerprint density at radius 2 is 1.55 bits per heavy atom. The molecule has 4 N–H and O–H groups in total. The van der Waals surface area contributed by atoms with Gasteiger partial charge in [0.2, 0.25) is 11.8 Å². The van der Waals surface area contributed by atoms with Gasteiger partial charge in [0.15, 0.2) is 0 Å². The van der Waals surface area contributed by atoms with Gasteiger partial charge in [-0.05, 0) is 87.2 Å². The molecule has 2 aromatic rings. The lowest BCUT2D eigenvalue weighted by Gasteiger charge is -2.37. The third-order valence-corrected chi connectivity index (χ3v) is 10.3. The van der Waals surface area contributed by atoms with E-state index < -0.39 is 30.1 Å². The van der Waals surface area contributed by atoms with Crippen LogP contribution in [0.5, 0.6) is 0 Å². The Bertz CT molecular complexity index is 1560. The molecule has 306 valence electrons. The lowest BCUT2D eigenvalue weighted by molar-refractivity contribution is -0.192. The van der Waals surface area contributed by atoms with Crippen molar-refractivity contribution in [2.75, 3.05) is 20.6 Å². The van der Waals surface area contributed by atoms with Gasteiger partial charge >= 0.3 is 18.1 Å². The molecule has 11 nitrogen and oxygen atoms in total. The van der Waals surface area contributed by atoms with E-state index in [0.29, 0.717) is 31.2 Å². The van der Waals surface area contributed by atoms with Gasteiger partial charge in [-0.2, -0.15) is 13.2 Å². The predicted molar refractivity (Wildman–Crippen MR) is 204 cm³/mol. The molecule has 0 aromatic heterocycles. The summed E-state index contributed by atoms with van der Waals surface area (Å²) in [6.45, 7) is 10.8. The molecule has 3 rings (SSSR count). The molecule has 2 aromatic carbocycles. The topological polar surface area (TPSA) is 156 Å². The zero-order chi connectivity index (χ0) is 41.5. The van der Waals surface area contributed by atoms with Crippen LogP contribution in [0.4, 0.5) is 13.2 Å². The molecule has 0 unspecified atom stereocenters. The molecule has 1 heterocycles. The Morgan fingerprint density at radius 3 is 2.09 bits per heavy atom. The number of nitrogens with one attached hydrogen (secondary N) is 2. The van der Waals surface area contributed by atoms with Crippen molar-refractivity contribution >= 4 is 29.7 Å². The number of carboxylic acid groups (broad SMARTS) is 2. The fourth-order valence-corrected chi connectivity index (χ4v) is 6.77. The molecule has 3 amide bonds. The van der Waals surface area contributed by atoms with Crippen LogP contribution in [0.15, 0.2) is 54.6 Å². The van der Waals surface area contributed by atoms with E-state index >= 15 is 0 Å². The molecule has 55 heavy (non-hydrogen) atoms. The Labute approximate surface area is 323 Å². The number of hydrogen-bond acceptors (Lipinski definition) is 6. The lowest BCUT2D eigenvalue weighted by atomic mass is 9.92. The molecule has 0 bridgehead atoms. The third-order valence-electron chi connectivity index (χ3n) is 10.3. The number of hydrogen-bond donors (Lipinski definition) is 4. The van der Waals surface area contributed by atoms with E-state index in [1.165, 1.54) is 0 Å². The van der Waals surface area contributed by atoms with Crippen LogP contribution in [0.2, 0.25) is 0 Å². The summed E-state index contributed by atoms with van der Waals surface area (Å²) < 4.78 is 31.7. The number of alkyl halides is 3. The van der Waals surface area contributed by atoms with Gasteiger partial charge in [0.1, 0.15) is 6.04 Å². The van der Waals surface area contributed by atoms with Crippen LogP contribution in [0.25, 0.3) is 0 Å². The summed E-state index contributed by atoms with van der Waals surface area (Å²) in [4.78, 5) is 65.2. The first-order valence-corrected chi connectivity index (χ1v) is 19.0. The highest BCUT2D eigenvalue weighted by molar-refractivity contribution is 5.94. The summed E-state index contributed by atoms with van der Waals surface area (Å²) in [6, 6.07) is 16.1. The molecule has 1 saturated heterocycles. The minimum absolute atomic E-state index is 0.00925. The summed E-state index contributed by atoms with van der Waals surface area (Å²) in [5.41, 5.74) is 2.54. The van der Waals surface area contributed by atoms with E-state index in [9.17, 15) is 37.5 Å². The molecular weight excluding hydrogens is 717 g/mol. The van der Waals surface area contributed by atoms with Crippen molar-refractivity contribution in [3.8, 4) is 0 Å². The van der Waals surface area contributed by atoms with Crippen LogP contribution in [-0.4, -0.2) is 101 Å². The summed E-state index contributed by atoms with van der Waals surface area (Å²) >= 11 is 0. The van der Waals surface area contributed by atoms with E-state index in [-0.39, 0.29) is 47.7 Å². The Morgan fingerprint density at radius 1 is 0.927 bits per heavy atom. The zero-order valence-electron chi connectivity index (χ0n) is 33.1. The molecule has 0 radical (unpaired) electrons. The van der Waals surface area contributed by atoms with E-state index in [4.69, 9.17) is 9.90 Å². The molecule has 1 fully saturated rings. The number of likely N-dealkylation sites (N-methyl/N-ethyl adjacent to an activating group) is 2. The Balaban J connectivity index is 0.00000136. The third kappa shape index (κ3) is 15.3. The fraction of sp³-hybridized carbons (Fsp3) is 0.585. The predicted octanol–water partition coefficient (Wildman–Crippen LogP) is 6.20. The fourth-order valence-electron chi connectivity index (χ4n) is 6.77. The quantitative estimate of drug-likeness (QED) is 0.148. The molecule has 14 heteroatoms. The second kappa shape index (κ2) is 22.2. The summed E-state index contributed by atoms with van der Waals surface area (Å²) in [5, 5.41) is 22.9. The number of amides is 3. The summed E-state index contributed by atoms with van der Waals surface area (Å²) in [5.74, 6) is -4.44. The minimum atomic E-state index is -5.08. The van der Waals surface area contributed by atoms with Crippen LogP contribution >= 0.6 is 0 Å². The van der Waals surface area contributed by atoms with E-state index in [2.05, 4.69) is 29.4 Å². The number of rotatable bonds is 17. The van der Waals surface area contributed by atoms with Crippen molar-refractivity contribution in [2.45, 2.75) is 116 Å². The van der Waals surface area contributed by atoms with Crippen molar-refractivity contribution in [3.63, 3.8) is 0 Å². The number of carbonyl (C=O) groups excluding carboxylic acids is 3. The Kier molecular flexibility index (Phi) is 18.8. The van der Waals surface area contributed by atoms with Gasteiger partial charge < -0.3 is 25.7 Å². The highest BCUT2D eigenvalue weighted by Gasteiger charge is 2.38. The number of piperidine rings is 1. The van der Waals surface area contributed by atoms with E-state index in [1.54, 1.807) is 13.0 Å². The average Bonchev–Trinajstić information content (AvgIpc) is 3.13. The minimum Gasteiger partial charge on any atom is -0.481 e. The van der Waals surface area contributed by atoms with E-state index in [0.717, 1.165) is 43.4 Å². The number of halogens is 3. The smallest absolute Gasteiger partial charge is 0.481 e. The van der Waals surface area contributed by atoms with Gasteiger partial charge in [-0.25, -0.2) is 4.79 Å². The molecule has 0 aliphatic carbocycles. The molecule has 0 saturated carbocycles. The zero-order valence-corrected chi connectivity index (χ0v) is 33.1. The number of benzene rings is 2. The number of carboxylic acids is 2. The molecule has 1 aliphatic heterocycles. The number of nitrogens with zero attached hydrogens (tertiary/aromatic N) is 2. The first-order chi connectivity index (χ1) is 25.8. The van der Waals surface area contributed by atoms with Crippen molar-refractivity contribution in [1.82, 2.24) is 20.4 Å². The highest BCUT2D eigenvalue weighted by atomic mass is 19.4. The maximum atomic E-state index is 14.0. The number of likely N-dealkylation sites (tertiary alicyclic amines) is 1. The second-order valence-corrected chi connectivity index (χ2v) is 15.0. The summed E-state index contributed by atoms with van der Waals surface area (Å²) in [6.07, 6.45) is 0.815. The van der Waals surface area contributed by atoms with Gasteiger partial charge in [0.25, 0.3) is 5.91 Å². The average molecular weight is 777 g/mol. The van der Waals surface area contributed by atoms with Crippen molar-refractivity contribution in [2.24, 2.45) is 17.8 Å². The largest absolute Gasteiger partial charge is 0.490 e. The normalized spacial score (nSPS) is 17.4. The molecule has 6 atom stereocenters. The van der Waals surface area contributed by atoms with Gasteiger partial charge in [-0.3, -0.25) is 24.1 Å². The maximum absolute atomic E-state index is 14.0. The van der Waals surface area contributed by atoms with Crippen molar-refractivity contribution in [3.05, 3.63) is 71.3 Å². The maximum Gasteiger partial charge on any atom is 0.490 e. The van der Waals surface area contributed by atoms with Crippen LogP contribution < -0.4 is 10.6 Å². The van der Waals surface area contributed by atoms with Gasteiger partial charge in [-0.15, -0.1) is 0 Å². The lowest BCUT2D eigenvalue weighted by Crippen LogP contribution is -2.57. The van der Waals surface area contributed by atoms with Crippen LogP contribution in [0.1, 0.15) is 94.6 Å². The van der Waals surface area contributed by atoms with Gasteiger partial charge in [-0.1, -0.05) is 89.9 Å². The number of aliphatic carboxylic acids is 2. The van der Waals surface area contributed by atoms with Crippen LogP contribution in [-0.2, 0) is 32.0 Å². The van der Waals surface area contributed by atoms with Crippen molar-refractivity contribution < 1.29 is 47.4 Å². The first-order valence-electron chi connectivity index (χ1n) is 19.0. The van der Waals surface area contributed by atoms with Gasteiger partial charge in [0.05, 0.1) is 12.0 Å². The van der Waals surface area contributed by atoms with Crippen LogP contribution in [0, 0.1) is 17.8 Å². The van der Waals surface area contributed by atoms with Crippen LogP contribution in [0.3, 0.4) is 0 Å². The SMILES string of the molecule is CC[C@H](C)[C@H](NC(=O)[C@H]1CCCCN1C)C(=O)N(C)[C@H](CCc1cccc(C(=O)N[C@@H](Cc2ccccc2)C[C@H](C)C(=O)O)c1)C(C)C.O=C(O)C(F)(F)F.